The number of benzene rings is 2. The Kier molecular flexibility index (Phi) is 5.82. The van der Waals surface area contributed by atoms with Crippen LogP contribution in [0, 0.1) is 0 Å². The van der Waals surface area contributed by atoms with Crippen LogP contribution < -0.4 is 5.32 Å². The summed E-state index contributed by atoms with van der Waals surface area (Å²) in [4.78, 5) is 0. The zero-order valence-electron chi connectivity index (χ0n) is 12.9. The molecule has 0 bridgehead atoms. The van der Waals surface area contributed by atoms with Crippen LogP contribution >= 0.6 is 0 Å². The predicted octanol–water partition coefficient (Wildman–Crippen LogP) is 4.65. The number of rotatable bonds is 7. The Morgan fingerprint density at radius 2 is 1.57 bits per heavy atom. The van der Waals surface area contributed by atoms with Crippen LogP contribution in [0.5, 0.6) is 5.75 Å². The molecule has 2 unspecified atom stereocenters. The summed E-state index contributed by atoms with van der Waals surface area (Å²) in [5.41, 5.74) is 2.44. The van der Waals surface area contributed by atoms with Crippen molar-refractivity contribution in [3.8, 4) is 5.75 Å². The second-order valence-corrected chi connectivity index (χ2v) is 5.65. The highest BCUT2D eigenvalue weighted by molar-refractivity contribution is 5.35. The highest BCUT2D eigenvalue weighted by Crippen LogP contribution is 2.24. The minimum Gasteiger partial charge on any atom is -0.508 e. The number of hydrogen-bond acceptors (Lipinski definition) is 2. The van der Waals surface area contributed by atoms with Gasteiger partial charge >= 0.3 is 0 Å². The maximum absolute atomic E-state index is 9.49. The molecule has 0 saturated heterocycles. The largest absolute Gasteiger partial charge is 0.508 e. The van der Waals surface area contributed by atoms with E-state index in [1.165, 1.54) is 30.4 Å². The second-order valence-electron chi connectivity index (χ2n) is 5.65. The molecule has 0 heterocycles. The van der Waals surface area contributed by atoms with Gasteiger partial charge in [-0.3, -0.25) is 0 Å². The average molecular weight is 283 g/mol. The second kappa shape index (κ2) is 7.84. The van der Waals surface area contributed by atoms with Crippen molar-refractivity contribution in [3.05, 3.63) is 65.7 Å². The highest BCUT2D eigenvalue weighted by atomic mass is 16.3. The van der Waals surface area contributed by atoms with E-state index in [0.717, 1.165) is 0 Å². The van der Waals surface area contributed by atoms with Gasteiger partial charge in [-0.1, -0.05) is 62.2 Å². The van der Waals surface area contributed by atoms with Gasteiger partial charge in [0.25, 0.3) is 0 Å². The lowest BCUT2D eigenvalue weighted by molar-refractivity contribution is 0.457. The van der Waals surface area contributed by atoms with Crippen molar-refractivity contribution < 1.29 is 5.11 Å². The van der Waals surface area contributed by atoms with Crippen molar-refractivity contribution in [1.29, 1.82) is 0 Å². The van der Waals surface area contributed by atoms with Gasteiger partial charge in [0.1, 0.15) is 5.75 Å². The van der Waals surface area contributed by atoms with Gasteiger partial charge in [-0.2, -0.15) is 0 Å². The lowest BCUT2D eigenvalue weighted by atomic mass is 9.97. The summed E-state index contributed by atoms with van der Waals surface area (Å²) in [6.07, 6.45) is 3.64. The van der Waals surface area contributed by atoms with E-state index in [-0.39, 0.29) is 6.04 Å². The van der Waals surface area contributed by atoms with Gasteiger partial charge in [-0.25, -0.2) is 0 Å². The first-order valence-electron chi connectivity index (χ1n) is 7.80. The van der Waals surface area contributed by atoms with E-state index in [1.54, 1.807) is 12.1 Å². The molecular weight excluding hydrogens is 258 g/mol. The molecular formula is C19H25NO. The number of phenolic OH excluding ortho intramolecular Hbond substituents is 1. The summed E-state index contributed by atoms with van der Waals surface area (Å²) in [6, 6.07) is 18.6. The third-order valence-corrected chi connectivity index (χ3v) is 3.80. The summed E-state index contributed by atoms with van der Waals surface area (Å²) in [5.74, 6) is 0.310. The lowest BCUT2D eigenvalue weighted by Gasteiger charge is -2.24. The van der Waals surface area contributed by atoms with E-state index in [1.807, 2.05) is 18.2 Å². The molecule has 112 valence electrons. The molecule has 0 aliphatic rings. The molecule has 0 aromatic heterocycles. The van der Waals surface area contributed by atoms with Crippen molar-refractivity contribution in [2.45, 2.75) is 45.2 Å². The van der Waals surface area contributed by atoms with Gasteiger partial charge in [0.15, 0.2) is 0 Å². The summed E-state index contributed by atoms with van der Waals surface area (Å²) < 4.78 is 0. The summed E-state index contributed by atoms with van der Waals surface area (Å²) in [7, 11) is 0. The molecule has 0 aliphatic heterocycles. The maximum Gasteiger partial charge on any atom is 0.115 e. The standard InChI is InChI=1S/C19H25NO/c1-3-4-8-15(2)20-19(16-9-6-5-7-10-16)17-11-13-18(21)14-12-17/h5-7,9-15,19-21H,3-4,8H2,1-2H3. The molecule has 2 heteroatoms. The first-order chi connectivity index (χ1) is 10.2. The van der Waals surface area contributed by atoms with Crippen LogP contribution in [0.2, 0.25) is 0 Å². The molecule has 2 atom stereocenters. The fraction of sp³-hybridized carbons (Fsp3) is 0.368. The first kappa shape index (κ1) is 15.6. The molecule has 2 aromatic carbocycles. The molecule has 0 saturated carbocycles. The third-order valence-electron chi connectivity index (χ3n) is 3.80. The van der Waals surface area contributed by atoms with Crippen LogP contribution in [0.3, 0.4) is 0 Å². The van der Waals surface area contributed by atoms with E-state index in [0.29, 0.717) is 11.8 Å². The molecule has 2 nitrogen and oxygen atoms in total. The Hall–Kier alpha value is -1.80. The number of phenols is 1. The van der Waals surface area contributed by atoms with E-state index in [9.17, 15) is 5.11 Å². The van der Waals surface area contributed by atoms with Gasteiger partial charge in [0.05, 0.1) is 6.04 Å². The number of hydrogen-bond donors (Lipinski definition) is 2. The average Bonchev–Trinajstić information content (AvgIpc) is 2.52. The van der Waals surface area contributed by atoms with Crippen molar-refractivity contribution in [2.24, 2.45) is 0 Å². The minimum absolute atomic E-state index is 0.165. The fourth-order valence-electron chi connectivity index (χ4n) is 2.58. The van der Waals surface area contributed by atoms with E-state index in [2.05, 4.69) is 43.4 Å². The Morgan fingerprint density at radius 1 is 0.952 bits per heavy atom. The Balaban J connectivity index is 2.20. The van der Waals surface area contributed by atoms with Crippen LogP contribution in [0.1, 0.15) is 50.3 Å². The van der Waals surface area contributed by atoms with Gasteiger partial charge in [0.2, 0.25) is 0 Å². The lowest BCUT2D eigenvalue weighted by Crippen LogP contribution is -2.31. The summed E-state index contributed by atoms with van der Waals surface area (Å²) >= 11 is 0. The zero-order chi connectivity index (χ0) is 15.1. The van der Waals surface area contributed by atoms with Gasteiger partial charge in [0, 0.05) is 6.04 Å². The molecule has 2 aromatic rings. The number of unbranched alkanes of at least 4 members (excludes halogenated alkanes) is 1. The quantitative estimate of drug-likeness (QED) is 0.775. The van der Waals surface area contributed by atoms with Crippen LogP contribution in [-0.2, 0) is 0 Å². The molecule has 2 rings (SSSR count). The van der Waals surface area contributed by atoms with Crippen LogP contribution in [0.15, 0.2) is 54.6 Å². The van der Waals surface area contributed by atoms with Crippen molar-refractivity contribution in [2.75, 3.05) is 0 Å². The minimum atomic E-state index is 0.165. The van der Waals surface area contributed by atoms with Crippen LogP contribution in [0.25, 0.3) is 0 Å². The SMILES string of the molecule is CCCCC(C)NC(c1ccccc1)c1ccc(O)cc1. The van der Waals surface area contributed by atoms with Gasteiger partial charge < -0.3 is 10.4 Å². The molecule has 0 spiro atoms. The third kappa shape index (κ3) is 4.61. The Bertz CT molecular complexity index is 521. The summed E-state index contributed by atoms with van der Waals surface area (Å²) in [5, 5.41) is 13.2. The molecule has 21 heavy (non-hydrogen) atoms. The van der Waals surface area contributed by atoms with Crippen molar-refractivity contribution >= 4 is 0 Å². The van der Waals surface area contributed by atoms with Gasteiger partial charge in [-0.05, 0) is 36.6 Å². The van der Waals surface area contributed by atoms with Crippen molar-refractivity contribution in [3.63, 3.8) is 0 Å². The fourth-order valence-corrected chi connectivity index (χ4v) is 2.58. The topological polar surface area (TPSA) is 32.3 Å². The Labute approximate surface area is 127 Å². The Morgan fingerprint density at radius 3 is 2.19 bits per heavy atom. The smallest absolute Gasteiger partial charge is 0.115 e. The molecule has 2 N–H and O–H groups in total. The molecule has 0 radical (unpaired) electrons. The van der Waals surface area contributed by atoms with E-state index >= 15 is 0 Å². The normalized spacial score (nSPS) is 13.8. The maximum atomic E-state index is 9.49. The zero-order valence-corrected chi connectivity index (χ0v) is 12.9. The monoisotopic (exact) mass is 283 g/mol. The molecule has 0 amide bonds. The van der Waals surface area contributed by atoms with Crippen LogP contribution in [0.4, 0.5) is 0 Å². The van der Waals surface area contributed by atoms with Crippen molar-refractivity contribution in [1.82, 2.24) is 5.32 Å². The number of nitrogens with one attached hydrogen (secondary N) is 1. The molecule has 0 aliphatic carbocycles. The molecule has 0 fully saturated rings. The summed E-state index contributed by atoms with van der Waals surface area (Å²) in [6.45, 7) is 4.47. The van der Waals surface area contributed by atoms with Gasteiger partial charge in [-0.15, -0.1) is 0 Å². The highest BCUT2D eigenvalue weighted by Gasteiger charge is 2.16. The van der Waals surface area contributed by atoms with E-state index in [4.69, 9.17) is 0 Å². The predicted molar refractivity (Wildman–Crippen MR) is 88.5 cm³/mol. The first-order valence-corrected chi connectivity index (χ1v) is 7.80. The van der Waals surface area contributed by atoms with E-state index < -0.39 is 0 Å². The van der Waals surface area contributed by atoms with Crippen LogP contribution in [-0.4, -0.2) is 11.1 Å². The number of aromatic hydroxyl groups is 1.